The van der Waals surface area contributed by atoms with Crippen molar-refractivity contribution in [1.29, 1.82) is 0 Å². The van der Waals surface area contributed by atoms with Crippen LogP contribution >= 0.6 is 0 Å². The summed E-state index contributed by atoms with van der Waals surface area (Å²) in [7, 11) is 1.82. The van der Waals surface area contributed by atoms with Crippen molar-refractivity contribution >= 4 is 0 Å². The van der Waals surface area contributed by atoms with Crippen LogP contribution in [0.4, 0.5) is 0 Å². The molecular weight excluding hydrogens is 106 g/mol. The lowest BCUT2D eigenvalue weighted by Gasteiger charge is -2.08. The van der Waals surface area contributed by atoms with Crippen molar-refractivity contribution in [2.45, 2.75) is 12.1 Å². The van der Waals surface area contributed by atoms with Crippen LogP contribution in [0.1, 0.15) is 0 Å². The van der Waals surface area contributed by atoms with E-state index in [4.69, 9.17) is 9.84 Å². The van der Waals surface area contributed by atoms with Crippen molar-refractivity contribution in [3.63, 3.8) is 0 Å². The summed E-state index contributed by atoms with van der Waals surface area (Å²) in [6.45, 7) is 1.11. The second-order valence-corrected chi connectivity index (χ2v) is 2.00. The SMILES string of the molecule is CN[C@H]1COC[C@@H]1O. The minimum absolute atomic E-state index is 0.148. The normalized spacial score (nSPS) is 38.2. The minimum atomic E-state index is -0.306. The van der Waals surface area contributed by atoms with Gasteiger partial charge in [-0.25, -0.2) is 0 Å². The highest BCUT2D eigenvalue weighted by atomic mass is 16.5. The Labute approximate surface area is 48.7 Å². The molecule has 1 aliphatic heterocycles. The number of aliphatic hydroxyl groups is 1. The molecule has 1 saturated heterocycles. The fraction of sp³-hybridized carbons (Fsp3) is 1.00. The summed E-state index contributed by atoms with van der Waals surface area (Å²) in [6, 6.07) is 0.148. The summed E-state index contributed by atoms with van der Waals surface area (Å²) in [6.07, 6.45) is -0.306. The Kier molecular flexibility index (Phi) is 1.83. The molecule has 0 saturated carbocycles. The summed E-state index contributed by atoms with van der Waals surface area (Å²) in [4.78, 5) is 0. The topological polar surface area (TPSA) is 41.5 Å². The molecule has 1 heterocycles. The fourth-order valence-electron chi connectivity index (χ4n) is 0.819. The Balaban J connectivity index is 2.30. The Bertz CT molecular complexity index is 76.8. The number of likely N-dealkylation sites (N-methyl/N-ethyl adjacent to an activating group) is 1. The molecular formula is C5H11NO2. The average Bonchev–Trinajstić information content (AvgIpc) is 2.14. The molecule has 0 aliphatic carbocycles. The van der Waals surface area contributed by atoms with Crippen molar-refractivity contribution in [2.75, 3.05) is 20.3 Å². The van der Waals surface area contributed by atoms with E-state index in [0.29, 0.717) is 13.2 Å². The van der Waals surface area contributed by atoms with Crippen molar-refractivity contribution < 1.29 is 9.84 Å². The van der Waals surface area contributed by atoms with Gasteiger partial charge in [0.25, 0.3) is 0 Å². The maximum Gasteiger partial charge on any atom is 0.0948 e. The summed E-state index contributed by atoms with van der Waals surface area (Å²) >= 11 is 0. The van der Waals surface area contributed by atoms with E-state index < -0.39 is 0 Å². The third kappa shape index (κ3) is 0.992. The predicted octanol–water partition coefficient (Wildman–Crippen LogP) is -1.03. The predicted molar refractivity (Wildman–Crippen MR) is 29.7 cm³/mol. The molecule has 8 heavy (non-hydrogen) atoms. The van der Waals surface area contributed by atoms with Gasteiger partial charge in [0, 0.05) is 0 Å². The standard InChI is InChI=1S/C5H11NO2/c1-6-4-2-8-3-5(4)7/h4-7H,2-3H2,1H3/t4-,5-/m0/s1. The Morgan fingerprint density at radius 1 is 1.62 bits per heavy atom. The average molecular weight is 117 g/mol. The van der Waals surface area contributed by atoms with Crippen molar-refractivity contribution in [3.8, 4) is 0 Å². The van der Waals surface area contributed by atoms with Crippen LogP contribution < -0.4 is 5.32 Å². The van der Waals surface area contributed by atoms with E-state index in [9.17, 15) is 0 Å². The molecule has 0 bridgehead atoms. The molecule has 0 spiro atoms. The van der Waals surface area contributed by atoms with Gasteiger partial charge in [-0.2, -0.15) is 0 Å². The molecule has 0 unspecified atom stereocenters. The van der Waals surface area contributed by atoms with Crippen molar-refractivity contribution in [1.82, 2.24) is 5.32 Å². The van der Waals surface area contributed by atoms with Gasteiger partial charge in [0.1, 0.15) is 0 Å². The van der Waals surface area contributed by atoms with Crippen molar-refractivity contribution in [3.05, 3.63) is 0 Å². The first kappa shape index (κ1) is 6.01. The Hall–Kier alpha value is -0.120. The van der Waals surface area contributed by atoms with Crippen LogP contribution in [0, 0.1) is 0 Å². The summed E-state index contributed by atoms with van der Waals surface area (Å²) in [5.74, 6) is 0. The van der Waals surface area contributed by atoms with E-state index in [-0.39, 0.29) is 12.1 Å². The summed E-state index contributed by atoms with van der Waals surface area (Å²) < 4.78 is 4.95. The van der Waals surface area contributed by atoms with Gasteiger partial charge >= 0.3 is 0 Å². The first-order chi connectivity index (χ1) is 3.84. The van der Waals surface area contributed by atoms with Crippen LogP contribution in [-0.2, 0) is 4.74 Å². The number of nitrogens with one attached hydrogen (secondary N) is 1. The molecule has 0 aromatic carbocycles. The fourth-order valence-corrected chi connectivity index (χ4v) is 0.819. The molecule has 0 aromatic heterocycles. The van der Waals surface area contributed by atoms with Gasteiger partial charge in [-0.3, -0.25) is 0 Å². The highest BCUT2D eigenvalue weighted by Crippen LogP contribution is 2.02. The van der Waals surface area contributed by atoms with E-state index in [2.05, 4.69) is 5.32 Å². The van der Waals surface area contributed by atoms with E-state index in [1.807, 2.05) is 7.05 Å². The molecule has 0 radical (unpaired) electrons. The van der Waals surface area contributed by atoms with Crippen molar-refractivity contribution in [2.24, 2.45) is 0 Å². The molecule has 0 aromatic rings. The number of hydrogen-bond donors (Lipinski definition) is 2. The highest BCUT2D eigenvalue weighted by Gasteiger charge is 2.23. The van der Waals surface area contributed by atoms with Gasteiger partial charge in [-0.05, 0) is 7.05 Å². The van der Waals surface area contributed by atoms with Gasteiger partial charge < -0.3 is 15.2 Å². The number of hydrogen-bond acceptors (Lipinski definition) is 3. The van der Waals surface area contributed by atoms with E-state index >= 15 is 0 Å². The first-order valence-electron chi connectivity index (χ1n) is 2.77. The first-order valence-corrected chi connectivity index (χ1v) is 2.77. The quantitative estimate of drug-likeness (QED) is 0.461. The van der Waals surface area contributed by atoms with Gasteiger partial charge in [0.05, 0.1) is 25.4 Å². The molecule has 1 aliphatic rings. The lowest BCUT2D eigenvalue weighted by Crippen LogP contribution is -2.35. The molecule has 3 nitrogen and oxygen atoms in total. The molecule has 3 heteroatoms. The molecule has 1 rings (SSSR count). The minimum Gasteiger partial charge on any atom is -0.389 e. The summed E-state index contributed by atoms with van der Waals surface area (Å²) in [5.41, 5.74) is 0. The summed E-state index contributed by atoms with van der Waals surface area (Å²) in [5, 5.41) is 11.9. The largest absolute Gasteiger partial charge is 0.389 e. The maximum absolute atomic E-state index is 9.00. The number of aliphatic hydroxyl groups excluding tert-OH is 1. The van der Waals surface area contributed by atoms with Crippen LogP contribution in [0.5, 0.6) is 0 Å². The monoisotopic (exact) mass is 117 g/mol. The second kappa shape index (κ2) is 2.44. The van der Waals surface area contributed by atoms with Crippen LogP contribution in [0.2, 0.25) is 0 Å². The maximum atomic E-state index is 9.00. The molecule has 1 fully saturated rings. The zero-order valence-electron chi connectivity index (χ0n) is 4.92. The Morgan fingerprint density at radius 3 is 2.62 bits per heavy atom. The third-order valence-corrected chi connectivity index (χ3v) is 1.42. The lowest BCUT2D eigenvalue weighted by atomic mass is 10.2. The Morgan fingerprint density at radius 2 is 2.38 bits per heavy atom. The lowest BCUT2D eigenvalue weighted by molar-refractivity contribution is 0.123. The molecule has 2 N–H and O–H groups in total. The molecule has 2 atom stereocenters. The molecule has 0 amide bonds. The van der Waals surface area contributed by atoms with E-state index in [1.54, 1.807) is 0 Å². The zero-order valence-corrected chi connectivity index (χ0v) is 4.92. The van der Waals surface area contributed by atoms with Gasteiger partial charge in [-0.15, -0.1) is 0 Å². The van der Waals surface area contributed by atoms with Gasteiger partial charge in [-0.1, -0.05) is 0 Å². The van der Waals surface area contributed by atoms with Gasteiger partial charge in [0.2, 0.25) is 0 Å². The smallest absolute Gasteiger partial charge is 0.0948 e. The van der Waals surface area contributed by atoms with Crippen LogP contribution in [0.25, 0.3) is 0 Å². The highest BCUT2D eigenvalue weighted by molar-refractivity contribution is 4.78. The number of rotatable bonds is 1. The van der Waals surface area contributed by atoms with Crippen LogP contribution in [-0.4, -0.2) is 37.5 Å². The van der Waals surface area contributed by atoms with E-state index in [0.717, 1.165) is 0 Å². The van der Waals surface area contributed by atoms with Crippen LogP contribution in [0.3, 0.4) is 0 Å². The van der Waals surface area contributed by atoms with Gasteiger partial charge in [0.15, 0.2) is 0 Å². The zero-order chi connectivity index (χ0) is 5.98. The third-order valence-electron chi connectivity index (χ3n) is 1.42. The van der Waals surface area contributed by atoms with Crippen LogP contribution in [0.15, 0.2) is 0 Å². The van der Waals surface area contributed by atoms with E-state index in [1.165, 1.54) is 0 Å². The second-order valence-electron chi connectivity index (χ2n) is 2.00. The molecule has 48 valence electrons. The number of ether oxygens (including phenoxy) is 1.